The molecular formula is C17H27Cl2N3O2. The molecule has 2 aliphatic rings. The zero-order valence-electron chi connectivity index (χ0n) is 14.1. The number of para-hydroxylation sites is 1. The van der Waals surface area contributed by atoms with Crippen molar-refractivity contribution >= 4 is 36.4 Å². The third-order valence-electron chi connectivity index (χ3n) is 4.82. The van der Waals surface area contributed by atoms with Crippen molar-refractivity contribution in [1.82, 2.24) is 4.90 Å². The van der Waals surface area contributed by atoms with Crippen LogP contribution in [0, 0.1) is 5.41 Å². The van der Waals surface area contributed by atoms with E-state index in [9.17, 15) is 4.79 Å². The van der Waals surface area contributed by atoms with E-state index in [1.54, 1.807) is 0 Å². The lowest BCUT2D eigenvalue weighted by molar-refractivity contribution is 0.0776. The molecule has 1 atom stereocenters. The molecule has 1 amide bonds. The second-order valence-corrected chi connectivity index (χ2v) is 6.61. The number of amides is 1. The highest BCUT2D eigenvalue weighted by atomic mass is 35.5. The summed E-state index contributed by atoms with van der Waals surface area (Å²) >= 11 is 0. The van der Waals surface area contributed by atoms with E-state index in [1.165, 1.54) is 0 Å². The van der Waals surface area contributed by atoms with Crippen LogP contribution in [0.4, 0.5) is 5.69 Å². The summed E-state index contributed by atoms with van der Waals surface area (Å²) in [7, 11) is 0. The summed E-state index contributed by atoms with van der Waals surface area (Å²) in [6.07, 6.45) is 0.981. The molecule has 0 radical (unpaired) electrons. The number of carbonyl (C=O) groups is 1. The molecule has 1 aromatic rings. The van der Waals surface area contributed by atoms with Crippen molar-refractivity contribution in [2.75, 3.05) is 50.8 Å². The number of anilines is 1. The summed E-state index contributed by atoms with van der Waals surface area (Å²) in [5.41, 5.74) is 7.74. The molecule has 0 bridgehead atoms. The molecule has 1 unspecified atom stereocenters. The van der Waals surface area contributed by atoms with Crippen molar-refractivity contribution < 1.29 is 9.53 Å². The third-order valence-corrected chi connectivity index (χ3v) is 4.82. The van der Waals surface area contributed by atoms with Crippen molar-refractivity contribution in [3.05, 3.63) is 29.8 Å². The van der Waals surface area contributed by atoms with Crippen LogP contribution in [-0.4, -0.2) is 56.7 Å². The molecular weight excluding hydrogens is 349 g/mol. The Balaban J connectivity index is 0.00000144. The molecule has 2 N–H and O–H groups in total. The molecule has 24 heavy (non-hydrogen) atoms. The van der Waals surface area contributed by atoms with E-state index in [0.29, 0.717) is 6.54 Å². The molecule has 1 aromatic carbocycles. The zero-order valence-corrected chi connectivity index (χ0v) is 15.7. The molecule has 5 nitrogen and oxygen atoms in total. The van der Waals surface area contributed by atoms with Gasteiger partial charge in [-0.05, 0) is 30.5 Å². The van der Waals surface area contributed by atoms with Gasteiger partial charge in [0.15, 0.2) is 0 Å². The van der Waals surface area contributed by atoms with E-state index in [4.69, 9.17) is 10.5 Å². The number of halogens is 2. The van der Waals surface area contributed by atoms with Gasteiger partial charge in [-0.3, -0.25) is 4.79 Å². The van der Waals surface area contributed by atoms with Crippen LogP contribution in [0.15, 0.2) is 24.3 Å². The maximum atomic E-state index is 12.9. The Morgan fingerprint density at radius 3 is 2.50 bits per heavy atom. The Hall–Kier alpha value is -1.01. The first-order valence-corrected chi connectivity index (χ1v) is 8.04. The summed E-state index contributed by atoms with van der Waals surface area (Å²) in [5.74, 6) is 0.124. The van der Waals surface area contributed by atoms with E-state index in [-0.39, 0.29) is 36.1 Å². The van der Waals surface area contributed by atoms with Gasteiger partial charge in [0.25, 0.3) is 5.91 Å². The van der Waals surface area contributed by atoms with Crippen LogP contribution in [0.5, 0.6) is 0 Å². The quantitative estimate of drug-likeness (QED) is 0.879. The van der Waals surface area contributed by atoms with Crippen LogP contribution < -0.4 is 10.6 Å². The maximum absolute atomic E-state index is 12.9. The van der Waals surface area contributed by atoms with Crippen molar-refractivity contribution in [3.8, 4) is 0 Å². The second-order valence-electron chi connectivity index (χ2n) is 6.61. The summed E-state index contributed by atoms with van der Waals surface area (Å²) in [4.78, 5) is 17.1. The number of hydrogen-bond donors (Lipinski definition) is 1. The average Bonchev–Trinajstić information content (AvgIpc) is 2.98. The molecule has 0 aliphatic carbocycles. The van der Waals surface area contributed by atoms with Gasteiger partial charge in [0.2, 0.25) is 0 Å². The highest BCUT2D eigenvalue weighted by Crippen LogP contribution is 2.31. The predicted octanol–water partition coefficient (Wildman–Crippen LogP) is 2.18. The SMILES string of the molecule is CC1(CN)CCN(C(=O)c2ccccc2N2CCOCC2)C1.Cl.Cl. The number of likely N-dealkylation sites (tertiary alicyclic amines) is 1. The number of ether oxygens (including phenoxy) is 1. The van der Waals surface area contributed by atoms with Gasteiger partial charge >= 0.3 is 0 Å². The topological polar surface area (TPSA) is 58.8 Å². The van der Waals surface area contributed by atoms with Crippen molar-refractivity contribution in [2.24, 2.45) is 11.1 Å². The number of hydrogen-bond acceptors (Lipinski definition) is 4. The second kappa shape index (κ2) is 8.90. The van der Waals surface area contributed by atoms with Crippen molar-refractivity contribution in [3.63, 3.8) is 0 Å². The number of morpholine rings is 1. The lowest BCUT2D eigenvalue weighted by atomic mass is 9.90. The van der Waals surface area contributed by atoms with Crippen LogP contribution in [0.3, 0.4) is 0 Å². The Labute approximate surface area is 156 Å². The standard InChI is InChI=1S/C17H25N3O2.2ClH/c1-17(12-18)6-7-20(13-17)16(21)14-4-2-3-5-15(14)19-8-10-22-11-9-19;;/h2-5H,6-13,18H2,1H3;2*1H. The van der Waals surface area contributed by atoms with E-state index < -0.39 is 0 Å². The number of nitrogens with zero attached hydrogens (tertiary/aromatic N) is 2. The minimum absolute atomic E-state index is 0. The smallest absolute Gasteiger partial charge is 0.255 e. The van der Waals surface area contributed by atoms with E-state index in [0.717, 1.165) is 57.1 Å². The van der Waals surface area contributed by atoms with E-state index in [2.05, 4.69) is 11.8 Å². The van der Waals surface area contributed by atoms with Crippen molar-refractivity contribution in [2.45, 2.75) is 13.3 Å². The molecule has 2 heterocycles. The maximum Gasteiger partial charge on any atom is 0.255 e. The average molecular weight is 376 g/mol. The minimum Gasteiger partial charge on any atom is -0.378 e. The third kappa shape index (κ3) is 4.33. The molecule has 2 saturated heterocycles. The molecule has 0 aromatic heterocycles. The monoisotopic (exact) mass is 375 g/mol. The van der Waals surface area contributed by atoms with Crippen molar-refractivity contribution in [1.29, 1.82) is 0 Å². The highest BCUT2D eigenvalue weighted by Gasteiger charge is 2.36. The fourth-order valence-electron chi connectivity index (χ4n) is 3.27. The fourth-order valence-corrected chi connectivity index (χ4v) is 3.27. The van der Waals surface area contributed by atoms with Crippen LogP contribution in [0.25, 0.3) is 0 Å². The van der Waals surface area contributed by atoms with Crippen LogP contribution in [-0.2, 0) is 4.74 Å². The lowest BCUT2D eigenvalue weighted by Crippen LogP contribution is -2.39. The Morgan fingerprint density at radius 1 is 1.21 bits per heavy atom. The first-order valence-electron chi connectivity index (χ1n) is 8.04. The summed E-state index contributed by atoms with van der Waals surface area (Å²) < 4.78 is 5.41. The van der Waals surface area contributed by atoms with Crippen LogP contribution in [0.1, 0.15) is 23.7 Å². The summed E-state index contributed by atoms with van der Waals surface area (Å²) in [5, 5.41) is 0. The number of rotatable bonds is 3. The highest BCUT2D eigenvalue weighted by molar-refractivity contribution is 6.00. The van der Waals surface area contributed by atoms with Gasteiger partial charge < -0.3 is 20.3 Å². The van der Waals surface area contributed by atoms with E-state index >= 15 is 0 Å². The van der Waals surface area contributed by atoms with Gasteiger partial charge in [-0.1, -0.05) is 19.1 Å². The van der Waals surface area contributed by atoms with Crippen LogP contribution in [0.2, 0.25) is 0 Å². The van der Waals surface area contributed by atoms with Gasteiger partial charge in [-0.15, -0.1) is 24.8 Å². The molecule has 2 aliphatic heterocycles. The van der Waals surface area contributed by atoms with Gasteiger partial charge in [0.1, 0.15) is 0 Å². The normalized spacial score (nSPS) is 23.4. The summed E-state index contributed by atoms with van der Waals surface area (Å²) in [6.45, 7) is 7.45. The first-order chi connectivity index (χ1) is 10.6. The molecule has 0 saturated carbocycles. The molecule has 3 rings (SSSR count). The first kappa shape index (κ1) is 21.0. The largest absolute Gasteiger partial charge is 0.378 e. The Bertz CT molecular complexity index is 552. The fraction of sp³-hybridized carbons (Fsp3) is 0.588. The van der Waals surface area contributed by atoms with Gasteiger partial charge in [-0.25, -0.2) is 0 Å². The predicted molar refractivity (Wildman–Crippen MR) is 102 cm³/mol. The number of nitrogens with two attached hydrogens (primary N) is 1. The Kier molecular flexibility index (Phi) is 7.80. The molecule has 136 valence electrons. The van der Waals surface area contributed by atoms with Gasteiger partial charge in [0.05, 0.1) is 18.8 Å². The molecule has 7 heteroatoms. The summed E-state index contributed by atoms with van der Waals surface area (Å²) in [6, 6.07) is 7.91. The molecule has 0 spiro atoms. The minimum atomic E-state index is 0. The van der Waals surface area contributed by atoms with E-state index in [1.807, 2.05) is 29.2 Å². The van der Waals surface area contributed by atoms with Gasteiger partial charge in [0, 0.05) is 31.9 Å². The lowest BCUT2D eigenvalue weighted by Gasteiger charge is -2.31. The number of carbonyl (C=O) groups excluding carboxylic acids is 1. The zero-order chi connectivity index (χ0) is 15.6. The Morgan fingerprint density at radius 2 is 1.88 bits per heavy atom. The van der Waals surface area contributed by atoms with Gasteiger partial charge in [-0.2, -0.15) is 0 Å². The number of benzene rings is 1. The van der Waals surface area contributed by atoms with Crippen LogP contribution >= 0.6 is 24.8 Å². The molecule has 2 fully saturated rings.